The van der Waals surface area contributed by atoms with Crippen LogP contribution in [0.15, 0.2) is 228 Å². The zero-order chi connectivity index (χ0) is 88.6. The topological polar surface area (TPSA) is 191 Å². The maximum absolute atomic E-state index is 12.5. The van der Waals surface area contributed by atoms with Crippen molar-refractivity contribution >= 4 is 269 Å². The minimum Gasteiger partial charge on any atom is -0.385 e. The quantitative estimate of drug-likeness (QED) is 0.0482. The first-order valence-corrected chi connectivity index (χ1v) is 49.1. The first-order valence-electron chi connectivity index (χ1n) is 39.1. The minimum absolute atomic E-state index is 0. The van der Waals surface area contributed by atoms with Crippen LogP contribution in [0.4, 0.5) is 22.7 Å². The predicted molar refractivity (Wildman–Crippen MR) is 537 cm³/mol. The number of hydrogen-bond acceptors (Lipinski definition) is 23. The third-order valence-corrected chi connectivity index (χ3v) is 28.4. The minimum atomic E-state index is -0.591. The van der Waals surface area contributed by atoms with Gasteiger partial charge in [-0.05, 0) is 144 Å². The Kier molecular flexibility index (Phi) is 40.2. The lowest BCUT2D eigenvalue weighted by atomic mass is 10.0. The Balaban J connectivity index is 0.000000153. The van der Waals surface area contributed by atoms with Crippen LogP contribution in [0.5, 0.6) is 0 Å². The smallest absolute Gasteiger partial charge is 0.205 e. The van der Waals surface area contributed by atoms with Crippen LogP contribution in [-0.4, -0.2) is 171 Å². The fourth-order valence-electron chi connectivity index (χ4n) is 14.5. The van der Waals surface area contributed by atoms with E-state index in [0.29, 0.717) is 102 Å². The van der Waals surface area contributed by atoms with Crippen molar-refractivity contribution in [3.63, 3.8) is 0 Å². The molecular formula is C89H83Br2Cl12N13O5S5. The number of rotatable bonds is 20. The van der Waals surface area contributed by atoms with E-state index in [9.17, 15) is 24.6 Å². The van der Waals surface area contributed by atoms with Crippen molar-refractivity contribution in [1.29, 1.82) is 0 Å². The van der Waals surface area contributed by atoms with E-state index < -0.39 is 12.2 Å². The van der Waals surface area contributed by atoms with Gasteiger partial charge in [0.2, 0.25) is 11.6 Å². The fraction of sp³-hybridized carbons (Fsp3) is 0.258. The Hall–Kier alpha value is -5.68. The number of aliphatic hydroxyl groups excluding tert-OH is 2. The summed E-state index contributed by atoms with van der Waals surface area (Å²) in [6, 6.07) is 54.4. The predicted octanol–water partition coefficient (Wildman–Crippen LogP) is 25.7. The van der Waals surface area contributed by atoms with Crippen molar-refractivity contribution in [2.24, 2.45) is 0 Å². The van der Waals surface area contributed by atoms with E-state index in [1.54, 1.807) is 66.0 Å². The zero-order valence-corrected chi connectivity index (χ0v) is 83.5. The Morgan fingerprint density at radius 3 is 0.976 bits per heavy atom. The van der Waals surface area contributed by atoms with Gasteiger partial charge in [0, 0.05) is 197 Å². The van der Waals surface area contributed by atoms with Crippen LogP contribution in [0.25, 0.3) is 0 Å². The second-order valence-corrected chi connectivity index (χ2v) is 38.9. The SMILES string of the molecule is Br.CC(=O)c1nccs1.Clc1ccc([C@@H]2CNCCN2c2ccc(Cl)cc2Cl)cc1.O=C(CBr)c1nccs1.O=C(CN1CCN(c2ccc(Cl)cc2Cl)[C@H](c2ccc(Cl)cc2)C1)c1nccs1.OC(CN1CCN(c2ccc(Cl)cc2Cl)[C@H](c2ccc(Cl)cc2)C1)c1nccs1.OC(CN1CCN(c2ccc(Cl)cc2Cl)[C@H](c2ccc(Cl)cc2)C1)c1nccs1. The highest BCUT2D eigenvalue weighted by molar-refractivity contribution is 9.09. The van der Waals surface area contributed by atoms with Crippen LogP contribution in [-0.2, 0) is 0 Å². The van der Waals surface area contributed by atoms with Crippen molar-refractivity contribution in [3.05, 3.63) is 335 Å². The number of anilines is 4. The number of ketones is 3. The molecule has 126 heavy (non-hydrogen) atoms. The number of piperazine rings is 4. The molecule has 4 fully saturated rings. The van der Waals surface area contributed by atoms with E-state index in [4.69, 9.17) is 139 Å². The molecule has 3 N–H and O–H groups in total. The monoisotopic (exact) mass is 2150 g/mol. The number of nitrogens with one attached hydrogen (secondary N) is 1. The number of thiazole rings is 5. The lowest BCUT2D eigenvalue weighted by molar-refractivity contribution is 0.0912. The van der Waals surface area contributed by atoms with Gasteiger partial charge in [-0.25, -0.2) is 24.9 Å². The molecule has 37 heteroatoms. The third kappa shape index (κ3) is 28.9. The molecule has 9 heterocycles. The second-order valence-electron chi connectivity index (χ2n) is 28.7. The first-order chi connectivity index (χ1) is 60.3. The number of Topliss-reactive ketones (excluding diaryl/α,β-unsaturated/α-hetero) is 3. The number of aromatic nitrogens is 5. The summed E-state index contributed by atoms with van der Waals surface area (Å²) >= 11 is 84.6. The van der Waals surface area contributed by atoms with Crippen molar-refractivity contribution in [1.82, 2.24) is 44.9 Å². The average molecular weight is 2160 g/mol. The summed E-state index contributed by atoms with van der Waals surface area (Å²) in [5.41, 5.74) is 8.49. The molecule has 13 aromatic rings. The molecule has 17 rings (SSSR count). The third-order valence-electron chi connectivity index (χ3n) is 20.4. The van der Waals surface area contributed by atoms with Crippen molar-refractivity contribution in [2.75, 3.05) is 123 Å². The molecule has 2 unspecified atom stereocenters. The summed E-state index contributed by atoms with van der Waals surface area (Å²) in [5.74, 6) is 0.137. The zero-order valence-electron chi connectivity index (χ0n) is 67.1. The highest BCUT2D eigenvalue weighted by Crippen LogP contribution is 2.43. The van der Waals surface area contributed by atoms with Gasteiger partial charge in [-0.2, -0.15) is 0 Å². The molecule has 0 bridgehead atoms. The van der Waals surface area contributed by atoms with Crippen molar-refractivity contribution < 1.29 is 24.6 Å². The summed E-state index contributed by atoms with van der Waals surface area (Å²) in [5, 5.41) is 45.2. The number of aliphatic hydroxyl groups is 2. The summed E-state index contributed by atoms with van der Waals surface area (Å²) in [6.45, 7) is 12.5. The van der Waals surface area contributed by atoms with Gasteiger partial charge in [0.05, 0.1) is 78.9 Å². The summed E-state index contributed by atoms with van der Waals surface area (Å²) in [7, 11) is 0. The molecule has 662 valence electrons. The Labute approximate surface area is 831 Å². The molecule has 4 aliphatic heterocycles. The van der Waals surface area contributed by atoms with Gasteiger partial charge >= 0.3 is 0 Å². The maximum atomic E-state index is 12.5. The molecule has 0 aliphatic carbocycles. The number of benzene rings is 8. The second kappa shape index (κ2) is 50.3. The average Bonchev–Trinajstić information content (AvgIpc) is 0.804. The van der Waals surface area contributed by atoms with Gasteiger partial charge in [0.15, 0.2) is 20.8 Å². The molecule has 4 aliphatic rings. The van der Waals surface area contributed by atoms with Crippen LogP contribution in [0.1, 0.15) is 105 Å². The van der Waals surface area contributed by atoms with Gasteiger partial charge in [-0.3, -0.25) is 29.1 Å². The molecular weight excluding hydrogens is 2080 g/mol. The van der Waals surface area contributed by atoms with Crippen molar-refractivity contribution in [3.8, 4) is 0 Å². The lowest BCUT2D eigenvalue weighted by Crippen LogP contribution is -2.50. The molecule has 18 nitrogen and oxygen atoms in total. The van der Waals surface area contributed by atoms with Gasteiger partial charge in [0.25, 0.3) is 0 Å². The van der Waals surface area contributed by atoms with Crippen LogP contribution >= 0.6 is 229 Å². The fourth-order valence-corrected chi connectivity index (χ4v) is 20.4. The van der Waals surface area contributed by atoms with E-state index in [1.807, 2.05) is 150 Å². The maximum Gasteiger partial charge on any atom is 0.205 e. The summed E-state index contributed by atoms with van der Waals surface area (Å²) < 4.78 is 0. The number of carbonyl (C=O) groups excluding carboxylic acids is 3. The highest BCUT2D eigenvalue weighted by Gasteiger charge is 2.36. The van der Waals surface area contributed by atoms with Crippen LogP contribution in [0, 0.1) is 0 Å². The number of nitrogens with zero attached hydrogens (tertiary/aromatic N) is 12. The summed E-state index contributed by atoms with van der Waals surface area (Å²) in [4.78, 5) is 69.9. The van der Waals surface area contributed by atoms with E-state index in [0.717, 1.165) is 126 Å². The Bertz CT molecular complexity index is 5410. The molecule has 0 radical (unpaired) electrons. The lowest BCUT2D eigenvalue weighted by Gasteiger charge is -2.43. The molecule has 5 aromatic heterocycles. The molecule has 4 saturated heterocycles. The van der Waals surface area contributed by atoms with E-state index in [-0.39, 0.29) is 58.5 Å². The first kappa shape index (κ1) is 101. The van der Waals surface area contributed by atoms with Crippen LogP contribution in [0.2, 0.25) is 60.3 Å². The van der Waals surface area contributed by atoms with Crippen molar-refractivity contribution in [2.45, 2.75) is 43.3 Å². The summed E-state index contributed by atoms with van der Waals surface area (Å²) in [6.07, 6.45) is 7.18. The molecule has 0 spiro atoms. The molecule has 0 amide bonds. The van der Waals surface area contributed by atoms with E-state index in [1.165, 1.54) is 69.2 Å². The molecule has 8 aromatic carbocycles. The van der Waals surface area contributed by atoms with Crippen LogP contribution in [0.3, 0.4) is 0 Å². The van der Waals surface area contributed by atoms with E-state index in [2.05, 4.69) is 92.6 Å². The Morgan fingerprint density at radius 1 is 0.381 bits per heavy atom. The highest BCUT2D eigenvalue weighted by atomic mass is 79.9. The van der Waals surface area contributed by atoms with Gasteiger partial charge in [0.1, 0.15) is 22.2 Å². The number of hydrogen-bond donors (Lipinski definition) is 3. The van der Waals surface area contributed by atoms with E-state index >= 15 is 0 Å². The Morgan fingerprint density at radius 2 is 0.675 bits per heavy atom. The van der Waals surface area contributed by atoms with Crippen LogP contribution < -0.4 is 24.9 Å². The van der Waals surface area contributed by atoms with Gasteiger partial charge in [-0.15, -0.1) is 73.7 Å². The number of carbonyl (C=O) groups is 3. The molecule has 0 saturated carbocycles. The number of halogens is 14. The normalized spacial score (nSPS) is 17.0. The number of β-amino-alcohol motifs (C(OH)–C–C–N with tert-alkyl or cyclic N) is 2. The molecule has 6 atom stereocenters. The number of alkyl halides is 1. The standard InChI is InChI=1S/2C21H20Cl3N3OS.C21H18Cl3N3OS.C16H15Cl3N2.C5H4BrNOS.C5H5NOS.BrH/c3*22-15-3-1-14(2-4-15)19-12-26(13-20(28)21-25-7-10-29-21)8-9-27(19)18-6-5-16(23)11-17(18)24;17-12-3-1-11(2-4-12)16-10-20-7-8-21(16)15-6-5-13(18)9-14(15)19;6-3-4(8)5-7-1-2-9-5;1-4(7)5-6-2-3-8-5;/h2*1-7,10-11,19-20,28H,8-9,12-13H2;1-7,10-11,19H,8-9,12-13H2;1-6,9,16,20H,7-8,10H2;1-2H,3H2;2-3H,1H3;1H/t2*19-,20?;19-;16-;;;/m0000.../s1. The van der Waals surface area contributed by atoms with Gasteiger partial charge < -0.3 is 35.1 Å². The largest absolute Gasteiger partial charge is 0.385 e. The van der Waals surface area contributed by atoms with Gasteiger partial charge in [-0.1, -0.05) is 204 Å².